The molecule has 2 heterocycles. The van der Waals surface area contributed by atoms with E-state index in [1.54, 1.807) is 30.5 Å². The molecule has 8 nitrogen and oxygen atoms in total. The summed E-state index contributed by atoms with van der Waals surface area (Å²) in [5.74, 6) is -1.49. The molecule has 0 amide bonds. The molecule has 0 bridgehead atoms. The van der Waals surface area contributed by atoms with Crippen molar-refractivity contribution in [3.05, 3.63) is 47.8 Å². The van der Waals surface area contributed by atoms with E-state index in [0.29, 0.717) is 35.7 Å². The van der Waals surface area contributed by atoms with Gasteiger partial charge in [-0.2, -0.15) is 5.26 Å². The van der Waals surface area contributed by atoms with Crippen molar-refractivity contribution in [2.45, 2.75) is 63.7 Å². The fourth-order valence-corrected chi connectivity index (χ4v) is 3.65. The zero-order valence-corrected chi connectivity index (χ0v) is 19.7. The zero-order chi connectivity index (χ0) is 24.3. The number of carbonyl (C=O) groups is 2. The Kier molecular flexibility index (Phi) is 9.80. The van der Waals surface area contributed by atoms with Gasteiger partial charge in [-0.3, -0.25) is 4.79 Å². The number of carbonyl (C=O) groups excluding carboxylic acids is 2. The highest BCUT2D eigenvalue weighted by atomic mass is 16.6. The number of nitrogens with zero attached hydrogens (tertiary/aromatic N) is 3. The average Bonchev–Trinajstić information content (AvgIpc) is 2.85. The Morgan fingerprint density at radius 2 is 1.67 bits per heavy atom. The zero-order valence-electron chi connectivity index (χ0n) is 19.7. The quantitative estimate of drug-likeness (QED) is 0.262. The first kappa shape index (κ1) is 25.8. The van der Waals surface area contributed by atoms with E-state index in [1.165, 1.54) is 20.4 Å². The molecule has 0 N–H and O–H groups in total. The third-order valence-electron chi connectivity index (χ3n) is 5.55. The number of methoxy groups -OCH3 is 2. The van der Waals surface area contributed by atoms with Crippen molar-refractivity contribution in [1.29, 1.82) is 5.26 Å². The minimum atomic E-state index is -1.64. The Morgan fingerprint density at radius 3 is 2.15 bits per heavy atom. The van der Waals surface area contributed by atoms with Gasteiger partial charge in [-0.25, -0.2) is 14.8 Å². The van der Waals surface area contributed by atoms with Gasteiger partial charge in [-0.15, -0.1) is 0 Å². The minimum absolute atomic E-state index is 0.189. The first-order valence-corrected chi connectivity index (χ1v) is 11.1. The first-order chi connectivity index (χ1) is 15.9. The summed E-state index contributed by atoms with van der Waals surface area (Å²) < 4.78 is 15.5. The molecule has 0 aliphatic rings. The standard InChI is InChI=1S/C25H31N3O5/c1-5-7-8-9-20(18-10-12-21(31-3)27-15-18)23(29)33-24(30)25(17-26,14-6-2)19-11-13-22(32-4)28-16-19/h10-13,15-16,20H,5-9,14H2,1-4H3. The van der Waals surface area contributed by atoms with Crippen LogP contribution in [0.15, 0.2) is 36.7 Å². The molecule has 8 heteroatoms. The maximum Gasteiger partial charge on any atom is 0.338 e. The van der Waals surface area contributed by atoms with Gasteiger partial charge in [-0.05, 0) is 24.5 Å². The largest absolute Gasteiger partial charge is 0.481 e. The van der Waals surface area contributed by atoms with Crippen molar-refractivity contribution in [2.75, 3.05) is 14.2 Å². The molecule has 2 unspecified atom stereocenters. The summed E-state index contributed by atoms with van der Waals surface area (Å²) in [6, 6.07) is 8.66. The molecule has 0 radical (unpaired) electrons. The summed E-state index contributed by atoms with van der Waals surface area (Å²) >= 11 is 0. The van der Waals surface area contributed by atoms with Gasteiger partial charge in [0.25, 0.3) is 0 Å². The molecule has 0 aliphatic heterocycles. The lowest BCUT2D eigenvalue weighted by atomic mass is 9.78. The number of hydrogen-bond donors (Lipinski definition) is 0. The summed E-state index contributed by atoms with van der Waals surface area (Å²) in [6.07, 6.45) is 6.91. The second-order valence-electron chi connectivity index (χ2n) is 7.75. The molecule has 0 spiro atoms. The summed E-state index contributed by atoms with van der Waals surface area (Å²) in [6.45, 7) is 3.93. The van der Waals surface area contributed by atoms with Crippen molar-refractivity contribution in [1.82, 2.24) is 9.97 Å². The van der Waals surface area contributed by atoms with Crippen LogP contribution in [0.25, 0.3) is 0 Å². The number of rotatable bonds is 12. The Balaban J connectivity index is 2.33. The van der Waals surface area contributed by atoms with E-state index in [2.05, 4.69) is 23.0 Å². The summed E-state index contributed by atoms with van der Waals surface area (Å²) in [4.78, 5) is 34.7. The minimum Gasteiger partial charge on any atom is -0.481 e. The van der Waals surface area contributed by atoms with E-state index in [4.69, 9.17) is 14.2 Å². The smallest absolute Gasteiger partial charge is 0.338 e. The van der Waals surface area contributed by atoms with E-state index >= 15 is 0 Å². The second-order valence-corrected chi connectivity index (χ2v) is 7.75. The van der Waals surface area contributed by atoms with Crippen molar-refractivity contribution in [3.8, 4) is 17.8 Å². The Labute approximate surface area is 194 Å². The lowest BCUT2D eigenvalue weighted by Gasteiger charge is -2.25. The van der Waals surface area contributed by atoms with Crippen LogP contribution >= 0.6 is 0 Å². The molecule has 0 saturated carbocycles. The first-order valence-electron chi connectivity index (χ1n) is 11.1. The molecule has 33 heavy (non-hydrogen) atoms. The number of pyridine rings is 2. The lowest BCUT2D eigenvalue weighted by Crippen LogP contribution is -2.38. The van der Waals surface area contributed by atoms with Crippen LogP contribution in [0.2, 0.25) is 0 Å². The molecule has 0 saturated heterocycles. The van der Waals surface area contributed by atoms with Crippen molar-refractivity contribution in [3.63, 3.8) is 0 Å². The van der Waals surface area contributed by atoms with E-state index in [-0.39, 0.29) is 6.42 Å². The summed E-state index contributed by atoms with van der Waals surface area (Å²) in [5, 5.41) is 10.0. The van der Waals surface area contributed by atoms with Crippen LogP contribution < -0.4 is 9.47 Å². The number of nitriles is 1. The SMILES string of the molecule is CCCCCC(C(=O)OC(=O)C(C#N)(CCC)c1ccc(OC)nc1)c1ccc(OC)nc1. The molecule has 176 valence electrons. The van der Waals surface area contributed by atoms with E-state index < -0.39 is 23.3 Å². The van der Waals surface area contributed by atoms with Crippen LogP contribution in [-0.2, 0) is 19.7 Å². The molecular formula is C25H31N3O5. The Bertz CT molecular complexity index is 954. The van der Waals surface area contributed by atoms with Gasteiger partial charge in [0.05, 0.1) is 26.2 Å². The van der Waals surface area contributed by atoms with Crippen molar-refractivity contribution < 1.29 is 23.8 Å². The van der Waals surface area contributed by atoms with Crippen LogP contribution in [0, 0.1) is 11.3 Å². The van der Waals surface area contributed by atoms with Crippen molar-refractivity contribution in [2.24, 2.45) is 0 Å². The van der Waals surface area contributed by atoms with Gasteiger partial charge < -0.3 is 14.2 Å². The third-order valence-corrected chi connectivity index (χ3v) is 5.55. The highest BCUT2D eigenvalue weighted by Gasteiger charge is 2.44. The van der Waals surface area contributed by atoms with Gasteiger partial charge in [0.15, 0.2) is 5.41 Å². The molecule has 0 aromatic carbocycles. The van der Waals surface area contributed by atoms with E-state index in [9.17, 15) is 14.9 Å². The third kappa shape index (κ3) is 6.28. The average molecular weight is 454 g/mol. The van der Waals surface area contributed by atoms with Gasteiger partial charge in [0.1, 0.15) is 0 Å². The highest BCUT2D eigenvalue weighted by Crippen LogP contribution is 2.33. The highest BCUT2D eigenvalue weighted by molar-refractivity contribution is 5.96. The monoisotopic (exact) mass is 453 g/mol. The molecule has 2 aromatic heterocycles. The summed E-state index contributed by atoms with van der Waals surface area (Å²) in [7, 11) is 2.99. The molecule has 2 aromatic rings. The normalized spacial score (nSPS) is 13.3. The Hall–Kier alpha value is -3.47. The van der Waals surface area contributed by atoms with Crippen LogP contribution in [0.4, 0.5) is 0 Å². The predicted octanol–water partition coefficient (Wildman–Crippen LogP) is 4.49. The molecule has 2 rings (SSSR count). The van der Waals surface area contributed by atoms with E-state index in [0.717, 1.165) is 19.3 Å². The molecule has 0 aliphatic carbocycles. The van der Waals surface area contributed by atoms with Crippen LogP contribution in [0.5, 0.6) is 11.8 Å². The number of hydrogen-bond acceptors (Lipinski definition) is 8. The molecular weight excluding hydrogens is 422 g/mol. The van der Waals surface area contributed by atoms with E-state index in [1.807, 2.05) is 6.92 Å². The second kappa shape index (κ2) is 12.5. The van der Waals surface area contributed by atoms with Gasteiger partial charge in [-0.1, -0.05) is 45.6 Å². The Morgan fingerprint density at radius 1 is 1.00 bits per heavy atom. The van der Waals surface area contributed by atoms with Crippen molar-refractivity contribution >= 4 is 11.9 Å². The molecule has 0 fully saturated rings. The number of unbranched alkanes of at least 4 members (excludes halogenated alkanes) is 2. The fraction of sp³-hybridized carbons (Fsp3) is 0.480. The lowest BCUT2D eigenvalue weighted by molar-refractivity contribution is -0.164. The topological polar surface area (TPSA) is 111 Å². The van der Waals surface area contributed by atoms with Gasteiger partial charge >= 0.3 is 11.9 Å². The number of esters is 2. The van der Waals surface area contributed by atoms with Crippen LogP contribution in [0.3, 0.4) is 0 Å². The maximum atomic E-state index is 13.3. The maximum absolute atomic E-state index is 13.3. The van der Waals surface area contributed by atoms with Crippen LogP contribution in [0.1, 0.15) is 69.4 Å². The number of ether oxygens (including phenoxy) is 3. The number of aromatic nitrogens is 2. The predicted molar refractivity (Wildman–Crippen MR) is 122 cm³/mol. The molecule has 2 atom stereocenters. The van der Waals surface area contributed by atoms with Gasteiger partial charge in [0.2, 0.25) is 11.8 Å². The van der Waals surface area contributed by atoms with Crippen LogP contribution in [-0.4, -0.2) is 36.1 Å². The van der Waals surface area contributed by atoms with Gasteiger partial charge in [0, 0.05) is 30.1 Å². The fourth-order valence-electron chi connectivity index (χ4n) is 3.65. The summed E-state index contributed by atoms with van der Waals surface area (Å²) in [5.41, 5.74) is -0.650.